The van der Waals surface area contributed by atoms with Gasteiger partial charge in [0.1, 0.15) is 4.90 Å². The summed E-state index contributed by atoms with van der Waals surface area (Å²) < 4.78 is 27.2. The largest absolute Gasteiger partial charge is 0.398 e. The van der Waals surface area contributed by atoms with Gasteiger partial charge in [-0.25, -0.2) is 13.4 Å². The summed E-state index contributed by atoms with van der Waals surface area (Å²) in [6, 6.07) is 5.00. The number of hydrogen-bond donors (Lipinski definition) is 2. The first-order chi connectivity index (χ1) is 8.81. The molecule has 0 atom stereocenters. The number of nitrogens with zero attached hydrogens (tertiary/aromatic N) is 1. The van der Waals surface area contributed by atoms with Gasteiger partial charge in [0.25, 0.3) is 10.0 Å². The zero-order chi connectivity index (χ0) is 14.2. The minimum absolute atomic E-state index is 0.112. The van der Waals surface area contributed by atoms with Crippen molar-refractivity contribution in [3.63, 3.8) is 0 Å². The van der Waals surface area contributed by atoms with E-state index in [9.17, 15) is 8.42 Å². The molecule has 0 aliphatic rings. The molecule has 5 nitrogen and oxygen atoms in total. The molecule has 7 heteroatoms. The van der Waals surface area contributed by atoms with E-state index in [4.69, 9.17) is 5.73 Å². The van der Waals surface area contributed by atoms with Gasteiger partial charge in [0, 0.05) is 4.88 Å². The quantitative estimate of drug-likeness (QED) is 0.852. The van der Waals surface area contributed by atoms with Gasteiger partial charge in [-0.15, -0.1) is 11.3 Å². The zero-order valence-electron chi connectivity index (χ0n) is 10.9. The molecular formula is C12H15N3O2S2. The van der Waals surface area contributed by atoms with E-state index in [2.05, 4.69) is 9.71 Å². The van der Waals surface area contributed by atoms with Crippen molar-refractivity contribution in [3.05, 3.63) is 34.3 Å². The van der Waals surface area contributed by atoms with Gasteiger partial charge in [-0.2, -0.15) is 0 Å². The Labute approximate surface area is 116 Å². The molecule has 0 unspecified atom stereocenters. The molecule has 1 aromatic carbocycles. The molecule has 19 heavy (non-hydrogen) atoms. The third-order valence-corrected chi connectivity index (χ3v) is 5.44. The summed E-state index contributed by atoms with van der Waals surface area (Å²) in [5, 5.41) is 0.359. The summed E-state index contributed by atoms with van der Waals surface area (Å²) in [5.41, 5.74) is 7.42. The highest BCUT2D eigenvalue weighted by Gasteiger charge is 2.21. The average molecular weight is 297 g/mol. The van der Waals surface area contributed by atoms with E-state index >= 15 is 0 Å². The maximum Gasteiger partial charge on any atom is 0.265 e. The Kier molecular flexibility index (Phi) is 3.51. The standard InChI is InChI=1S/C12H15N3O2S2/c1-7-5-4-6-10(13)11(7)19(16,17)15-12-14-8(2)9(3)18-12/h4-6H,13H2,1-3H3,(H,14,15). The van der Waals surface area contributed by atoms with Crippen LogP contribution in [0.25, 0.3) is 0 Å². The number of sulfonamides is 1. The summed E-state index contributed by atoms with van der Waals surface area (Å²) in [5.74, 6) is 0. The van der Waals surface area contributed by atoms with Gasteiger partial charge in [0.05, 0.1) is 11.4 Å². The summed E-state index contributed by atoms with van der Waals surface area (Å²) in [4.78, 5) is 5.26. The lowest BCUT2D eigenvalue weighted by atomic mass is 10.2. The highest BCUT2D eigenvalue weighted by Crippen LogP contribution is 2.27. The Hall–Kier alpha value is -1.60. The molecule has 2 aromatic rings. The molecular weight excluding hydrogens is 282 g/mol. The Morgan fingerprint density at radius 2 is 1.95 bits per heavy atom. The lowest BCUT2D eigenvalue weighted by Crippen LogP contribution is -2.16. The summed E-state index contributed by atoms with van der Waals surface area (Å²) in [6.07, 6.45) is 0. The smallest absolute Gasteiger partial charge is 0.265 e. The topological polar surface area (TPSA) is 85.1 Å². The first-order valence-corrected chi connectivity index (χ1v) is 7.93. The predicted octanol–water partition coefficient (Wildman–Crippen LogP) is 2.45. The van der Waals surface area contributed by atoms with Crippen molar-refractivity contribution in [2.75, 3.05) is 10.5 Å². The molecule has 0 spiro atoms. The number of nitrogens with two attached hydrogens (primary N) is 1. The van der Waals surface area contributed by atoms with Crippen LogP contribution in [0.1, 0.15) is 16.1 Å². The van der Waals surface area contributed by atoms with Crippen LogP contribution in [0.5, 0.6) is 0 Å². The number of hydrogen-bond acceptors (Lipinski definition) is 5. The number of anilines is 2. The summed E-state index contributed by atoms with van der Waals surface area (Å²) in [6.45, 7) is 5.45. The third kappa shape index (κ3) is 2.71. The number of nitrogens with one attached hydrogen (secondary N) is 1. The number of benzene rings is 1. The van der Waals surface area contributed by atoms with Crippen LogP contribution in [0.2, 0.25) is 0 Å². The zero-order valence-corrected chi connectivity index (χ0v) is 12.5. The molecule has 1 aromatic heterocycles. The van der Waals surface area contributed by atoms with Crippen LogP contribution in [-0.2, 0) is 10.0 Å². The number of nitrogen functional groups attached to an aromatic ring is 1. The molecule has 0 bridgehead atoms. The molecule has 0 fully saturated rings. The third-order valence-electron chi connectivity index (χ3n) is 2.76. The molecule has 3 N–H and O–H groups in total. The second-order valence-electron chi connectivity index (χ2n) is 4.26. The molecule has 0 saturated carbocycles. The van der Waals surface area contributed by atoms with E-state index in [1.165, 1.54) is 11.3 Å². The van der Waals surface area contributed by atoms with E-state index in [1.807, 2.05) is 13.8 Å². The van der Waals surface area contributed by atoms with Gasteiger partial charge >= 0.3 is 0 Å². The van der Waals surface area contributed by atoms with Crippen LogP contribution in [0, 0.1) is 20.8 Å². The van der Waals surface area contributed by atoms with Gasteiger partial charge in [0.2, 0.25) is 0 Å². The number of aryl methyl sites for hydroxylation is 3. The van der Waals surface area contributed by atoms with Crippen LogP contribution in [-0.4, -0.2) is 13.4 Å². The van der Waals surface area contributed by atoms with E-state index in [0.29, 0.717) is 10.7 Å². The summed E-state index contributed by atoms with van der Waals surface area (Å²) in [7, 11) is -3.71. The molecule has 1 heterocycles. The maximum atomic E-state index is 12.3. The number of rotatable bonds is 3. The Balaban J connectivity index is 2.43. The molecule has 0 aliphatic carbocycles. The average Bonchev–Trinajstić information content (AvgIpc) is 2.55. The monoisotopic (exact) mass is 297 g/mol. The molecule has 0 aliphatic heterocycles. The Morgan fingerprint density at radius 1 is 1.26 bits per heavy atom. The van der Waals surface area contributed by atoms with Crippen LogP contribution >= 0.6 is 11.3 Å². The van der Waals surface area contributed by atoms with Crippen LogP contribution in [0.4, 0.5) is 10.8 Å². The van der Waals surface area contributed by atoms with Crippen molar-refractivity contribution in [2.45, 2.75) is 25.7 Å². The van der Waals surface area contributed by atoms with E-state index in [0.717, 1.165) is 10.6 Å². The maximum absolute atomic E-state index is 12.3. The minimum Gasteiger partial charge on any atom is -0.398 e. The molecule has 2 rings (SSSR count). The van der Waals surface area contributed by atoms with Crippen molar-refractivity contribution >= 4 is 32.2 Å². The minimum atomic E-state index is -3.71. The SMILES string of the molecule is Cc1cccc(N)c1S(=O)(=O)Nc1nc(C)c(C)s1. The normalized spacial score (nSPS) is 11.5. The van der Waals surface area contributed by atoms with Crippen LogP contribution in [0.3, 0.4) is 0 Å². The lowest BCUT2D eigenvalue weighted by molar-refractivity contribution is 0.601. The van der Waals surface area contributed by atoms with Crippen molar-refractivity contribution in [3.8, 4) is 0 Å². The fourth-order valence-corrected chi connectivity index (χ4v) is 4.13. The van der Waals surface area contributed by atoms with E-state index in [-0.39, 0.29) is 10.6 Å². The lowest BCUT2D eigenvalue weighted by Gasteiger charge is -2.10. The van der Waals surface area contributed by atoms with Crippen molar-refractivity contribution in [1.82, 2.24) is 4.98 Å². The number of aromatic nitrogens is 1. The van der Waals surface area contributed by atoms with E-state index in [1.54, 1.807) is 25.1 Å². The van der Waals surface area contributed by atoms with Gasteiger partial charge in [-0.05, 0) is 32.4 Å². The second-order valence-corrected chi connectivity index (χ2v) is 7.08. The van der Waals surface area contributed by atoms with Crippen molar-refractivity contribution in [1.29, 1.82) is 0 Å². The first kappa shape index (κ1) is 13.8. The Morgan fingerprint density at radius 3 is 2.47 bits per heavy atom. The Bertz CT molecular complexity index is 681. The molecule has 102 valence electrons. The summed E-state index contributed by atoms with van der Waals surface area (Å²) >= 11 is 1.31. The van der Waals surface area contributed by atoms with E-state index < -0.39 is 10.0 Å². The second kappa shape index (κ2) is 4.82. The fourth-order valence-electron chi connectivity index (χ4n) is 1.72. The first-order valence-electron chi connectivity index (χ1n) is 5.63. The van der Waals surface area contributed by atoms with Crippen LogP contribution in [0.15, 0.2) is 23.1 Å². The molecule has 0 saturated heterocycles. The van der Waals surface area contributed by atoms with Gasteiger partial charge in [0.15, 0.2) is 5.13 Å². The van der Waals surface area contributed by atoms with Gasteiger partial charge in [-0.1, -0.05) is 12.1 Å². The number of thiazole rings is 1. The van der Waals surface area contributed by atoms with Gasteiger partial charge in [-0.3, -0.25) is 4.72 Å². The molecule has 0 amide bonds. The predicted molar refractivity (Wildman–Crippen MR) is 78.0 cm³/mol. The van der Waals surface area contributed by atoms with Crippen molar-refractivity contribution < 1.29 is 8.42 Å². The molecule has 0 radical (unpaired) electrons. The highest BCUT2D eigenvalue weighted by molar-refractivity contribution is 7.93. The fraction of sp³-hybridized carbons (Fsp3) is 0.250. The van der Waals surface area contributed by atoms with Crippen LogP contribution < -0.4 is 10.5 Å². The highest BCUT2D eigenvalue weighted by atomic mass is 32.2. The van der Waals surface area contributed by atoms with Gasteiger partial charge < -0.3 is 5.73 Å². The van der Waals surface area contributed by atoms with Crippen molar-refractivity contribution in [2.24, 2.45) is 0 Å².